The summed E-state index contributed by atoms with van der Waals surface area (Å²) in [6, 6.07) is 5.96. The summed E-state index contributed by atoms with van der Waals surface area (Å²) in [4.78, 5) is 25.8. The summed E-state index contributed by atoms with van der Waals surface area (Å²) in [5.74, 6) is -0.773. The number of aromatic hydroxyl groups is 1. The minimum atomic E-state index is -1.93. The Morgan fingerprint density at radius 1 is 0.564 bits per heavy atom. The molecule has 5 heterocycles. The van der Waals surface area contributed by atoms with Crippen LogP contribution in [0.4, 0.5) is 0 Å². The molecule has 1 aromatic rings. The third-order valence-electron chi connectivity index (χ3n) is 23.8. The van der Waals surface area contributed by atoms with Crippen LogP contribution in [-0.4, -0.2) is 262 Å². The molecule has 9 fully saturated rings. The molecule has 28 nitrogen and oxygen atoms in total. The molecule has 0 radical (unpaired) electrons. The molecule has 534 valence electrons. The number of rotatable bonds is 12. The number of allylic oxidation sites excluding steroid dienone is 2. The lowest BCUT2D eigenvalue weighted by Gasteiger charge is -2.71. The van der Waals surface area contributed by atoms with Gasteiger partial charge in [0.1, 0.15) is 108 Å². The zero-order valence-electron chi connectivity index (χ0n) is 55.1. The maximum absolute atomic E-state index is 15.4. The van der Waals surface area contributed by atoms with Crippen LogP contribution in [0.5, 0.6) is 11.5 Å². The standard InChI is InChI=1S/C58H94O25.C8H8O3/c1-23-44(80-47-40(69)34(63)27(60)21-74-47)38(67)42(71)48(76-23)79-33-13-14-55(7)30(54(33,5)6)12-15-56(8)31(55)11-10-25-26-18-53(3,4)16-17-58(26,32(62)19-57(25,56)9)52(73)83-51-46(35(64)28(61)22-75-51)82-49-43(72)39(68)45(24(2)77-49)81-50-41(70)37(66)36(65)29(20-59)78-50;1-6(9)11-8-4-2-7(10)3-5-8/h10,23-24,26-51,59-72H,11-22H2,1-9H3;2-5,10H,1H3. The van der Waals surface area contributed by atoms with Gasteiger partial charge in [-0.2, -0.15) is 0 Å². The summed E-state index contributed by atoms with van der Waals surface area (Å²) in [5.41, 5.74) is -2.28. The molecule has 5 aliphatic carbocycles. The van der Waals surface area contributed by atoms with Crippen molar-refractivity contribution in [3.63, 3.8) is 0 Å². The maximum atomic E-state index is 15.4. The molecule has 32 atom stereocenters. The Labute approximate surface area is 546 Å². The van der Waals surface area contributed by atoms with Crippen LogP contribution in [0.15, 0.2) is 35.9 Å². The fourth-order valence-corrected chi connectivity index (χ4v) is 18.2. The molecular weight excluding hydrogens is 1240 g/mol. The lowest BCUT2D eigenvalue weighted by molar-refractivity contribution is -0.374. The molecule has 28 heteroatoms. The van der Waals surface area contributed by atoms with Gasteiger partial charge in [-0.25, -0.2) is 0 Å². The third-order valence-corrected chi connectivity index (χ3v) is 23.8. The molecule has 0 bridgehead atoms. The second kappa shape index (κ2) is 27.7. The molecule has 10 aliphatic rings. The number of carbonyl (C=O) groups excluding carboxylic acids is 2. The lowest BCUT2D eigenvalue weighted by Crippen LogP contribution is -2.68. The molecule has 0 spiro atoms. The number of hydrogen-bond acceptors (Lipinski definition) is 28. The molecule has 94 heavy (non-hydrogen) atoms. The van der Waals surface area contributed by atoms with E-state index in [0.29, 0.717) is 31.4 Å². The largest absolute Gasteiger partial charge is 0.508 e. The predicted molar refractivity (Wildman–Crippen MR) is 321 cm³/mol. The molecular formula is C66H102O28. The average Bonchev–Trinajstić information content (AvgIpc) is 0.672. The number of aliphatic hydroxyl groups excluding tert-OH is 14. The summed E-state index contributed by atoms with van der Waals surface area (Å²) in [5, 5.41) is 161. The topological polar surface area (TPSA) is 439 Å². The second-order valence-corrected chi connectivity index (χ2v) is 30.3. The normalized spacial score (nSPS) is 49.8. The van der Waals surface area contributed by atoms with Crippen LogP contribution >= 0.6 is 0 Å². The van der Waals surface area contributed by atoms with Crippen LogP contribution in [0.1, 0.15) is 127 Å². The van der Waals surface area contributed by atoms with Crippen molar-refractivity contribution in [2.45, 2.75) is 281 Å². The number of ether oxygens (including phenoxy) is 11. The highest BCUT2D eigenvalue weighted by Crippen LogP contribution is 2.76. The number of benzene rings is 1. The van der Waals surface area contributed by atoms with Crippen LogP contribution in [0, 0.1) is 50.2 Å². The van der Waals surface area contributed by atoms with Gasteiger partial charge in [0.25, 0.3) is 0 Å². The number of aliphatic hydroxyl groups is 14. The monoisotopic (exact) mass is 1340 g/mol. The number of fused-ring (bicyclic) bond motifs is 7. The van der Waals surface area contributed by atoms with Gasteiger partial charge in [0.05, 0.1) is 44.2 Å². The Morgan fingerprint density at radius 3 is 1.71 bits per heavy atom. The van der Waals surface area contributed by atoms with Crippen molar-refractivity contribution in [1.82, 2.24) is 0 Å². The van der Waals surface area contributed by atoms with E-state index in [1.54, 1.807) is 6.92 Å². The Balaban J connectivity index is 0.000000796. The highest BCUT2D eigenvalue weighted by molar-refractivity contribution is 5.80. The Hall–Kier alpha value is -3.22. The lowest BCUT2D eigenvalue weighted by atomic mass is 9.33. The van der Waals surface area contributed by atoms with Gasteiger partial charge >= 0.3 is 11.9 Å². The first-order valence-corrected chi connectivity index (χ1v) is 33.1. The summed E-state index contributed by atoms with van der Waals surface area (Å²) >= 11 is 0. The number of esters is 2. The van der Waals surface area contributed by atoms with Gasteiger partial charge in [-0.1, -0.05) is 60.1 Å². The third kappa shape index (κ3) is 13.2. The molecule has 15 N–H and O–H groups in total. The van der Waals surface area contributed by atoms with Gasteiger partial charge in [-0.3, -0.25) is 9.59 Å². The molecule has 1 aromatic carbocycles. The minimum absolute atomic E-state index is 0.129. The molecule has 4 saturated carbocycles. The first-order valence-electron chi connectivity index (χ1n) is 33.1. The van der Waals surface area contributed by atoms with Crippen molar-refractivity contribution in [2.24, 2.45) is 50.2 Å². The summed E-state index contributed by atoms with van der Waals surface area (Å²) in [6.45, 7) is 18.5. The van der Waals surface area contributed by atoms with E-state index < -0.39 is 195 Å². The zero-order valence-corrected chi connectivity index (χ0v) is 55.1. The van der Waals surface area contributed by atoms with E-state index in [4.69, 9.17) is 57.2 Å². The van der Waals surface area contributed by atoms with Crippen LogP contribution in [0.3, 0.4) is 0 Å². The quantitative estimate of drug-likeness (QED) is 0.0538. The fraction of sp³-hybridized carbons (Fsp3) is 0.848. The summed E-state index contributed by atoms with van der Waals surface area (Å²) in [7, 11) is 0. The molecule has 11 rings (SSSR count). The van der Waals surface area contributed by atoms with Crippen molar-refractivity contribution < 1.29 is 138 Å². The molecule has 0 aromatic heterocycles. The van der Waals surface area contributed by atoms with Gasteiger partial charge in [0, 0.05) is 6.92 Å². The van der Waals surface area contributed by atoms with Crippen LogP contribution in [-0.2, 0) is 57.0 Å². The molecule has 5 saturated heterocycles. The number of phenols is 1. The van der Waals surface area contributed by atoms with E-state index in [9.17, 15) is 76.3 Å². The van der Waals surface area contributed by atoms with Crippen molar-refractivity contribution in [3.8, 4) is 11.5 Å². The van der Waals surface area contributed by atoms with E-state index in [0.717, 1.165) is 24.8 Å². The van der Waals surface area contributed by atoms with Crippen molar-refractivity contribution in [2.75, 3.05) is 19.8 Å². The van der Waals surface area contributed by atoms with Gasteiger partial charge in [0.2, 0.25) is 6.29 Å². The van der Waals surface area contributed by atoms with Gasteiger partial charge in [-0.15, -0.1) is 0 Å². The van der Waals surface area contributed by atoms with E-state index in [1.165, 1.54) is 38.1 Å². The Kier molecular flexibility index (Phi) is 21.7. The minimum Gasteiger partial charge on any atom is -0.508 e. The van der Waals surface area contributed by atoms with Gasteiger partial charge in [-0.05, 0) is 141 Å². The van der Waals surface area contributed by atoms with E-state index in [2.05, 4.69) is 54.5 Å². The van der Waals surface area contributed by atoms with Crippen molar-refractivity contribution in [3.05, 3.63) is 35.9 Å². The molecule has 5 aliphatic heterocycles. The van der Waals surface area contributed by atoms with E-state index in [1.807, 2.05) is 0 Å². The highest BCUT2D eigenvalue weighted by Gasteiger charge is 2.72. The Bertz CT molecular complexity index is 2810. The SMILES string of the molecule is CC(=O)Oc1ccc(O)cc1.CC1OC(OC2CCC3(C)C(CCC4(C)C3CC=C3C5CC(C)(C)CCC5(C(=O)OC5OCC(O)C(O)C5OC5OC(C)C(OC6OC(CO)C(O)C(O)C6O)C(O)C5O)C(O)CC34C)C2(C)C)C(O)C(O)C1OC1OCC(O)C(O)C1O. The molecule has 0 amide bonds. The smallest absolute Gasteiger partial charge is 0.317 e. The van der Waals surface area contributed by atoms with Crippen LogP contribution < -0.4 is 4.74 Å². The summed E-state index contributed by atoms with van der Waals surface area (Å²) < 4.78 is 64.3. The van der Waals surface area contributed by atoms with Crippen LogP contribution in [0.25, 0.3) is 0 Å². The fourth-order valence-electron chi connectivity index (χ4n) is 18.2. The highest BCUT2D eigenvalue weighted by atomic mass is 16.8. The van der Waals surface area contributed by atoms with Crippen LogP contribution in [0.2, 0.25) is 0 Å². The number of hydrogen-bond donors (Lipinski definition) is 15. The predicted octanol–water partition coefficient (Wildman–Crippen LogP) is -0.589. The zero-order chi connectivity index (χ0) is 68.9. The van der Waals surface area contributed by atoms with Crippen molar-refractivity contribution >= 4 is 11.9 Å². The molecule has 32 unspecified atom stereocenters. The first-order chi connectivity index (χ1) is 44.0. The first kappa shape index (κ1) is 73.5. The van der Waals surface area contributed by atoms with E-state index in [-0.39, 0.29) is 59.2 Å². The number of carbonyl (C=O) groups is 2. The maximum Gasteiger partial charge on any atom is 0.317 e. The second-order valence-electron chi connectivity index (χ2n) is 30.3. The van der Waals surface area contributed by atoms with Gasteiger partial charge in [0.15, 0.2) is 31.3 Å². The average molecular weight is 1340 g/mol. The van der Waals surface area contributed by atoms with E-state index >= 15 is 4.79 Å². The van der Waals surface area contributed by atoms with Gasteiger partial charge < -0.3 is 129 Å². The summed E-state index contributed by atoms with van der Waals surface area (Å²) in [6.07, 6.45) is -29.2. The van der Waals surface area contributed by atoms with Crippen molar-refractivity contribution in [1.29, 1.82) is 0 Å². The number of phenolic OH excluding ortho intramolecular Hbond substituents is 1. The Morgan fingerprint density at radius 2 is 1.11 bits per heavy atom.